The molecule has 128 heavy (non-hydrogen) atoms. The average molecular weight is 1800 g/mol. The smallest absolute Gasteiger partial charge is 0.243 e. The van der Waals surface area contributed by atoms with E-state index in [-0.39, 0.29) is 125 Å². The SMILES string of the molecule is CC[C@H](C)[C@H](NC(=O)[C@H](CC(N)=O)NC(=O)[C@H](CCCNC(=N)N)NC(=O)[C@H](Cc1c[nH]cn1)NC(=O)[C@H](CC(C)C)NC(=O)[C@H](CC(C)C)NC(=O)[C@H](Cc1c[nH]c2ccccc12)NC(=O)CN)C(=O)NCC(=O)N[C@@H](CC(N)=O)C(=O)N[C@H](C(=O)N[C@@H](CC(C)C)C(=O)N[C@@H](Cc1c[nH]cn1)C(=O)N[C@@H](CCCNC(=N)N)C(=O)N[C@@H](CC(C)C)C(N)=O)C(C)C. The molecule has 0 saturated carbocycles. The number of carbonyl (C=O) groups is 17. The molecule has 4 aromatic rings. The summed E-state index contributed by atoms with van der Waals surface area (Å²) in [5.41, 5.74) is 35.5. The van der Waals surface area contributed by atoms with E-state index < -0.39 is 223 Å². The third kappa shape index (κ3) is 38.2. The molecule has 0 radical (unpaired) electrons. The van der Waals surface area contributed by atoms with Crippen LogP contribution < -0.4 is 119 Å². The van der Waals surface area contributed by atoms with Gasteiger partial charge in [0, 0.05) is 61.8 Å². The predicted octanol–water partition coefficient (Wildman–Crippen LogP) is -5.33. The molecule has 17 amide bonds. The number of hydrogen-bond donors (Lipinski definition) is 27. The normalized spacial score (nSPS) is 14.6. The van der Waals surface area contributed by atoms with Crippen LogP contribution in [0.25, 0.3) is 10.9 Å². The van der Waals surface area contributed by atoms with Crippen molar-refractivity contribution in [3.05, 3.63) is 72.5 Å². The number of aromatic nitrogens is 5. The molecule has 0 aliphatic carbocycles. The van der Waals surface area contributed by atoms with E-state index in [1.165, 1.54) is 45.8 Å². The zero-order chi connectivity index (χ0) is 95.8. The number of para-hydroxylation sites is 1. The number of hydrogen-bond acceptors (Lipinski definition) is 22. The van der Waals surface area contributed by atoms with Gasteiger partial charge in [-0.25, -0.2) is 9.97 Å². The maximum atomic E-state index is 14.8. The van der Waals surface area contributed by atoms with Crippen molar-refractivity contribution in [2.24, 2.45) is 69.9 Å². The zero-order valence-electron chi connectivity index (χ0n) is 74.7. The minimum atomic E-state index is -1.88. The summed E-state index contributed by atoms with van der Waals surface area (Å²) in [6, 6.07) is -11.8. The first-order chi connectivity index (χ1) is 60.3. The summed E-state index contributed by atoms with van der Waals surface area (Å²) in [4.78, 5) is 255. The Kier molecular flexibility index (Phi) is 45.0. The summed E-state index contributed by atoms with van der Waals surface area (Å²) in [5.74, 6) is -19.3. The van der Waals surface area contributed by atoms with Crippen LogP contribution in [-0.4, -0.2) is 242 Å². The fourth-order valence-electron chi connectivity index (χ4n) is 13.6. The number of nitrogens with one attached hydrogen (secondary N) is 21. The van der Waals surface area contributed by atoms with Crippen LogP contribution in [0.3, 0.4) is 0 Å². The molecule has 0 bridgehead atoms. The zero-order valence-corrected chi connectivity index (χ0v) is 74.7. The first-order valence-corrected chi connectivity index (χ1v) is 42.7. The highest BCUT2D eigenvalue weighted by Gasteiger charge is 2.40. The molecule has 0 aliphatic rings. The van der Waals surface area contributed by atoms with Gasteiger partial charge in [0.25, 0.3) is 0 Å². The molecule has 0 fully saturated rings. The van der Waals surface area contributed by atoms with Gasteiger partial charge in [0.15, 0.2) is 11.9 Å². The molecule has 46 nitrogen and oxygen atoms in total. The lowest BCUT2D eigenvalue weighted by Crippen LogP contribution is -2.61. The van der Waals surface area contributed by atoms with Crippen molar-refractivity contribution in [3.63, 3.8) is 0 Å². The molecule has 1 aromatic carbocycles. The highest BCUT2D eigenvalue weighted by molar-refractivity contribution is 6.02. The van der Waals surface area contributed by atoms with Gasteiger partial charge in [0.1, 0.15) is 78.5 Å². The van der Waals surface area contributed by atoms with E-state index in [1.807, 2.05) is 38.1 Å². The first-order valence-electron chi connectivity index (χ1n) is 42.7. The van der Waals surface area contributed by atoms with Crippen molar-refractivity contribution in [1.29, 1.82) is 10.8 Å². The Morgan fingerprint density at radius 3 is 1.15 bits per heavy atom. The van der Waals surface area contributed by atoms with Crippen LogP contribution in [0, 0.1) is 46.3 Å². The van der Waals surface area contributed by atoms with E-state index in [0.717, 1.165) is 10.9 Å². The number of nitrogens with two attached hydrogens (primary N) is 6. The molecule has 0 aliphatic heterocycles. The number of primary amides is 3. The number of H-pyrrole nitrogens is 3. The highest BCUT2D eigenvalue weighted by atomic mass is 16.2. The second-order valence-electron chi connectivity index (χ2n) is 33.6. The third-order valence-corrected chi connectivity index (χ3v) is 20.3. The maximum Gasteiger partial charge on any atom is 0.243 e. The van der Waals surface area contributed by atoms with E-state index in [0.29, 0.717) is 11.3 Å². The van der Waals surface area contributed by atoms with Crippen molar-refractivity contribution in [2.75, 3.05) is 26.2 Å². The fourth-order valence-corrected chi connectivity index (χ4v) is 13.6. The van der Waals surface area contributed by atoms with Gasteiger partial charge in [-0.15, -0.1) is 0 Å². The highest BCUT2D eigenvalue weighted by Crippen LogP contribution is 2.21. The van der Waals surface area contributed by atoms with E-state index in [1.54, 1.807) is 54.7 Å². The van der Waals surface area contributed by atoms with Gasteiger partial charge in [0.2, 0.25) is 100 Å². The molecule has 33 N–H and O–H groups in total. The topological polar surface area (TPSA) is 760 Å². The summed E-state index contributed by atoms with van der Waals surface area (Å²) in [7, 11) is 0. The lowest BCUT2D eigenvalue weighted by atomic mass is 9.97. The number of benzene rings is 1. The Bertz CT molecular complexity index is 4420. The average Bonchev–Trinajstić information content (AvgIpc) is 1.66. The van der Waals surface area contributed by atoms with Gasteiger partial charge in [-0.1, -0.05) is 108 Å². The monoisotopic (exact) mass is 1800 g/mol. The first kappa shape index (κ1) is 107. The van der Waals surface area contributed by atoms with Crippen LogP contribution in [0.5, 0.6) is 0 Å². The number of nitrogens with zero attached hydrogens (tertiary/aromatic N) is 2. The van der Waals surface area contributed by atoms with Crippen molar-refractivity contribution < 1.29 is 81.5 Å². The standard InChI is InChI=1S/C82H133N29O17/c1-13-45(12)67(79(127)96-37-65(115)100-60(31-62(84)112)77(125)110-66(44(10)11)80(128)109-56(27-43(8)9)73(121)107-59(30-48-36-92-39-98-48)75(123)101-51(20-16-22-93-81(87)88)69(117)103-53(68(86)116)24-40(2)3)111-78(126)61(32-63(85)113)108-70(118)52(21-17-23-94-82(89)90)102-76(124)58(29-47-35-91-38-97-47)106-72(120)55(26-42(6)7)104-71(119)54(25-41(4)5)105-74(122)57(99-64(114)33-83)28-46-34-95-50-19-15-14-18-49(46)50/h14-15,18-19,34-36,38-45,51-61,66-67,95H,13,16-17,20-33,37,83H2,1-12H3,(H2,84,112)(H2,85,113)(H2,86,116)(H,91,97)(H,92,98)(H,96,127)(H,99,114)(H,100,115)(H,101,123)(H,102,124)(H,103,117)(H,104,119)(H,105,122)(H,106,120)(H,107,121)(H,108,118)(H,109,128)(H,110,125)(H,111,126)(H4,87,88,93)(H4,89,90,94)/t45-,51-,52-,53-,54-,55-,56-,57-,58-,59-,60-,61-,66-,67-/m0/s1. The van der Waals surface area contributed by atoms with Crippen LogP contribution in [0.4, 0.5) is 0 Å². The van der Waals surface area contributed by atoms with Crippen LogP contribution in [-0.2, 0) is 101 Å². The Morgan fingerprint density at radius 1 is 0.391 bits per heavy atom. The minimum absolute atomic E-state index is 0.00138. The van der Waals surface area contributed by atoms with Gasteiger partial charge in [-0.05, 0) is 98.5 Å². The van der Waals surface area contributed by atoms with Crippen LogP contribution in [0.1, 0.15) is 171 Å². The van der Waals surface area contributed by atoms with E-state index in [2.05, 4.69) is 110 Å². The second-order valence-corrected chi connectivity index (χ2v) is 33.6. The van der Waals surface area contributed by atoms with Gasteiger partial charge in [-0.3, -0.25) is 92.3 Å². The number of aromatic amines is 3. The molecule has 4 rings (SSSR count). The van der Waals surface area contributed by atoms with Crippen LogP contribution >= 0.6 is 0 Å². The summed E-state index contributed by atoms with van der Waals surface area (Å²) in [6.45, 7) is 19.2. The molecule has 0 spiro atoms. The number of amides is 17. The summed E-state index contributed by atoms with van der Waals surface area (Å²) in [5, 5.41) is 57.4. The lowest BCUT2D eigenvalue weighted by molar-refractivity contribution is -0.137. The molecule has 46 heteroatoms. The van der Waals surface area contributed by atoms with Gasteiger partial charge in [-0.2, -0.15) is 0 Å². The Labute approximate surface area is 742 Å². The fraction of sp³-hybridized carbons (Fsp3) is 0.598. The molecular weight excluding hydrogens is 1660 g/mol. The summed E-state index contributed by atoms with van der Waals surface area (Å²) in [6.07, 6.45) is 5.11. The number of carbonyl (C=O) groups excluding carboxylic acids is 17. The largest absolute Gasteiger partial charge is 0.370 e. The lowest BCUT2D eigenvalue weighted by Gasteiger charge is -2.29. The summed E-state index contributed by atoms with van der Waals surface area (Å²) < 4.78 is 0. The van der Waals surface area contributed by atoms with E-state index in [9.17, 15) is 81.5 Å². The molecule has 3 aromatic heterocycles. The molecular formula is C82H133N29O17. The Balaban J connectivity index is 1.55. The Hall–Kier alpha value is -13.3. The molecule has 3 heterocycles. The number of fused-ring (bicyclic) bond motifs is 1. The van der Waals surface area contributed by atoms with Gasteiger partial charge >= 0.3 is 0 Å². The van der Waals surface area contributed by atoms with Crippen molar-refractivity contribution >= 4 is 123 Å². The predicted molar refractivity (Wildman–Crippen MR) is 471 cm³/mol. The minimum Gasteiger partial charge on any atom is -0.370 e. The Morgan fingerprint density at radius 2 is 0.750 bits per heavy atom. The van der Waals surface area contributed by atoms with Crippen molar-refractivity contribution in [3.8, 4) is 0 Å². The van der Waals surface area contributed by atoms with Crippen LogP contribution in [0.2, 0.25) is 0 Å². The summed E-state index contributed by atoms with van der Waals surface area (Å²) >= 11 is 0. The number of rotatable bonds is 58. The second kappa shape index (κ2) is 53.9. The van der Waals surface area contributed by atoms with Crippen LogP contribution in [0.15, 0.2) is 55.5 Å². The molecule has 14 atom stereocenters. The van der Waals surface area contributed by atoms with Crippen molar-refractivity contribution in [1.82, 2.24) is 110 Å². The number of guanidine groups is 2. The number of imidazole rings is 2. The van der Waals surface area contributed by atoms with E-state index in [4.69, 9.17) is 45.2 Å². The molecule has 0 saturated heterocycles. The third-order valence-electron chi connectivity index (χ3n) is 20.3. The molecule has 708 valence electrons. The van der Waals surface area contributed by atoms with E-state index >= 15 is 0 Å². The molecule has 0 unspecified atom stereocenters. The quantitative estimate of drug-likeness (QED) is 0.0111. The van der Waals surface area contributed by atoms with Gasteiger partial charge in [0.05, 0.1) is 50.0 Å². The maximum absolute atomic E-state index is 14.8. The van der Waals surface area contributed by atoms with Gasteiger partial charge < -0.3 is 134 Å². The van der Waals surface area contributed by atoms with Crippen molar-refractivity contribution in [2.45, 2.75) is 252 Å².